The maximum atomic E-state index is 12.9. The lowest BCUT2D eigenvalue weighted by atomic mass is 9.84. The Morgan fingerprint density at radius 3 is 2.46 bits per heavy atom. The maximum absolute atomic E-state index is 12.9. The van der Waals surface area contributed by atoms with Crippen LogP contribution in [0, 0.1) is 0 Å². The van der Waals surface area contributed by atoms with Crippen LogP contribution in [0.4, 0.5) is 0 Å². The molecule has 37 heavy (non-hydrogen) atoms. The van der Waals surface area contributed by atoms with Gasteiger partial charge in [0.2, 0.25) is 5.82 Å². The van der Waals surface area contributed by atoms with Gasteiger partial charge in [0.1, 0.15) is 5.58 Å². The number of aromatic carboxylic acids is 1. The van der Waals surface area contributed by atoms with E-state index in [1.807, 2.05) is 78.9 Å². The van der Waals surface area contributed by atoms with Gasteiger partial charge >= 0.3 is 5.97 Å². The minimum atomic E-state index is -0.960. The molecule has 0 aliphatic rings. The fraction of sp³-hybridized carbons (Fsp3) is 0.172. The average molecular weight is 492 g/mol. The normalized spacial score (nSPS) is 12.4. The minimum Gasteiger partial charge on any atom is -0.478 e. The molecule has 0 amide bonds. The average Bonchev–Trinajstić information content (AvgIpc) is 3.65. The van der Waals surface area contributed by atoms with E-state index in [0.717, 1.165) is 40.3 Å². The molecule has 1 atom stereocenters. The van der Waals surface area contributed by atoms with E-state index in [1.54, 1.807) is 0 Å². The van der Waals surface area contributed by atoms with Crippen LogP contribution in [0.2, 0.25) is 0 Å². The Morgan fingerprint density at radius 1 is 1.00 bits per heavy atom. The fourth-order valence-electron chi connectivity index (χ4n) is 5.30. The summed E-state index contributed by atoms with van der Waals surface area (Å²) in [6.45, 7) is 2.83. The molecule has 8 heteroatoms. The number of hydrogen-bond acceptors (Lipinski definition) is 5. The summed E-state index contributed by atoms with van der Waals surface area (Å²) >= 11 is 0. The SMILES string of the molecule is CCCCn1c(C(c2ccccc2)c2c(-c3nnn[nH]3)oc3ccccc23)c(C(=O)O)c2ccccc21. The number of aromatic nitrogens is 5. The molecule has 3 aromatic carbocycles. The van der Waals surface area contributed by atoms with Gasteiger partial charge in [0.15, 0.2) is 5.76 Å². The summed E-state index contributed by atoms with van der Waals surface area (Å²) in [5, 5.41) is 26.7. The third kappa shape index (κ3) is 3.78. The van der Waals surface area contributed by atoms with Crippen molar-refractivity contribution < 1.29 is 14.3 Å². The molecule has 8 nitrogen and oxygen atoms in total. The topological polar surface area (TPSA) is 110 Å². The van der Waals surface area contributed by atoms with E-state index in [9.17, 15) is 9.90 Å². The van der Waals surface area contributed by atoms with Crippen LogP contribution in [0.3, 0.4) is 0 Å². The van der Waals surface area contributed by atoms with Gasteiger partial charge in [0, 0.05) is 34.1 Å². The number of carbonyl (C=O) groups is 1. The van der Waals surface area contributed by atoms with Crippen molar-refractivity contribution in [2.45, 2.75) is 32.2 Å². The first kappa shape index (κ1) is 22.7. The number of H-pyrrole nitrogens is 1. The number of carboxylic acids is 1. The molecule has 3 heterocycles. The molecule has 6 aromatic rings. The van der Waals surface area contributed by atoms with Gasteiger partial charge in [-0.25, -0.2) is 9.89 Å². The highest BCUT2D eigenvalue weighted by atomic mass is 16.4. The van der Waals surface area contributed by atoms with Crippen molar-refractivity contribution in [3.05, 3.63) is 101 Å². The van der Waals surface area contributed by atoms with Crippen molar-refractivity contribution in [2.24, 2.45) is 0 Å². The fourth-order valence-corrected chi connectivity index (χ4v) is 5.30. The van der Waals surface area contributed by atoms with Crippen LogP contribution >= 0.6 is 0 Å². The van der Waals surface area contributed by atoms with Crippen LogP contribution in [0.25, 0.3) is 33.5 Å². The van der Waals surface area contributed by atoms with Crippen molar-refractivity contribution in [1.29, 1.82) is 0 Å². The number of carboxylic acid groups (broad SMARTS) is 1. The molecule has 0 fully saturated rings. The summed E-state index contributed by atoms with van der Waals surface area (Å²) in [5.74, 6) is -0.540. The summed E-state index contributed by atoms with van der Waals surface area (Å²) in [4.78, 5) is 12.9. The molecule has 0 radical (unpaired) electrons. The lowest BCUT2D eigenvalue weighted by Gasteiger charge is -2.22. The molecule has 0 saturated heterocycles. The first-order valence-corrected chi connectivity index (χ1v) is 12.3. The number of tetrazole rings is 1. The van der Waals surface area contributed by atoms with Crippen molar-refractivity contribution in [1.82, 2.24) is 25.2 Å². The predicted molar refractivity (Wildman–Crippen MR) is 141 cm³/mol. The zero-order chi connectivity index (χ0) is 25.4. The summed E-state index contributed by atoms with van der Waals surface area (Å²) in [7, 11) is 0. The van der Waals surface area contributed by atoms with Gasteiger partial charge in [-0.3, -0.25) is 0 Å². The first-order valence-electron chi connectivity index (χ1n) is 12.3. The van der Waals surface area contributed by atoms with Gasteiger partial charge in [-0.15, -0.1) is 5.10 Å². The van der Waals surface area contributed by atoms with E-state index >= 15 is 0 Å². The lowest BCUT2D eigenvalue weighted by molar-refractivity contribution is 0.0697. The Balaban J connectivity index is 1.77. The molecule has 184 valence electrons. The molecule has 1 unspecified atom stereocenters. The van der Waals surface area contributed by atoms with Crippen molar-refractivity contribution in [2.75, 3.05) is 0 Å². The molecule has 2 N–H and O–H groups in total. The molecular weight excluding hydrogens is 466 g/mol. The molecule has 3 aromatic heterocycles. The number of benzene rings is 3. The summed E-state index contributed by atoms with van der Waals surface area (Å²) in [5.41, 5.74) is 4.37. The molecule has 0 spiro atoms. The molecule has 0 saturated carbocycles. The number of aromatic amines is 1. The van der Waals surface area contributed by atoms with E-state index in [4.69, 9.17) is 4.42 Å². The third-order valence-electron chi connectivity index (χ3n) is 6.85. The van der Waals surface area contributed by atoms with Gasteiger partial charge < -0.3 is 14.1 Å². The van der Waals surface area contributed by atoms with Crippen LogP contribution in [-0.2, 0) is 6.54 Å². The Kier molecular flexibility index (Phi) is 5.76. The quantitative estimate of drug-likeness (QED) is 0.261. The number of fused-ring (bicyclic) bond motifs is 2. The number of hydrogen-bond donors (Lipinski definition) is 2. The summed E-state index contributed by atoms with van der Waals surface area (Å²) in [6, 6.07) is 25.5. The molecule has 0 aliphatic carbocycles. The van der Waals surface area contributed by atoms with E-state index < -0.39 is 11.9 Å². The number of unbranched alkanes of at least 4 members (excludes halogenated alkanes) is 1. The number of furan rings is 1. The van der Waals surface area contributed by atoms with Crippen LogP contribution in [0.1, 0.15) is 52.9 Å². The molecule has 6 rings (SSSR count). The van der Waals surface area contributed by atoms with E-state index in [2.05, 4.69) is 32.1 Å². The maximum Gasteiger partial charge on any atom is 0.338 e. The standard InChI is InChI=1S/C29H25N5O3/c1-2-3-17-34-21-15-9-7-13-19(21)25(29(35)36)26(34)23(18-11-5-4-6-12-18)24-20-14-8-10-16-22(20)37-27(24)28-30-32-33-31-28/h4-16,23H,2-3,17H2,1H3,(H,35,36)(H,30,31,32,33). The predicted octanol–water partition coefficient (Wildman–Crippen LogP) is 6.25. The van der Waals surface area contributed by atoms with Crippen molar-refractivity contribution >= 4 is 27.8 Å². The highest BCUT2D eigenvalue weighted by Crippen LogP contribution is 2.46. The van der Waals surface area contributed by atoms with E-state index in [0.29, 0.717) is 35.0 Å². The monoisotopic (exact) mass is 491 g/mol. The minimum absolute atomic E-state index is 0.299. The molecular formula is C29H25N5O3. The number of nitrogens with zero attached hydrogens (tertiary/aromatic N) is 4. The second-order valence-electron chi connectivity index (χ2n) is 9.02. The Labute approximate surface area is 212 Å². The van der Waals surface area contributed by atoms with Crippen molar-refractivity contribution in [3.8, 4) is 11.6 Å². The smallest absolute Gasteiger partial charge is 0.338 e. The summed E-state index contributed by atoms with van der Waals surface area (Å²) in [6.07, 6.45) is 1.89. The number of para-hydroxylation sites is 2. The highest BCUT2D eigenvalue weighted by Gasteiger charge is 2.35. The van der Waals surface area contributed by atoms with E-state index in [-0.39, 0.29) is 0 Å². The lowest BCUT2D eigenvalue weighted by Crippen LogP contribution is -2.15. The van der Waals surface area contributed by atoms with Crippen LogP contribution in [-0.4, -0.2) is 36.3 Å². The highest BCUT2D eigenvalue weighted by molar-refractivity contribution is 6.06. The van der Waals surface area contributed by atoms with E-state index in [1.165, 1.54) is 0 Å². The second-order valence-corrected chi connectivity index (χ2v) is 9.02. The van der Waals surface area contributed by atoms with Crippen LogP contribution in [0.5, 0.6) is 0 Å². The zero-order valence-electron chi connectivity index (χ0n) is 20.3. The largest absolute Gasteiger partial charge is 0.478 e. The number of nitrogens with one attached hydrogen (secondary N) is 1. The molecule has 0 bridgehead atoms. The Morgan fingerprint density at radius 2 is 1.73 bits per heavy atom. The third-order valence-corrected chi connectivity index (χ3v) is 6.85. The Hall–Kier alpha value is -4.72. The van der Waals surface area contributed by atoms with Crippen molar-refractivity contribution in [3.63, 3.8) is 0 Å². The van der Waals surface area contributed by atoms with Crippen LogP contribution in [0.15, 0.2) is 83.3 Å². The van der Waals surface area contributed by atoms with Gasteiger partial charge in [-0.1, -0.05) is 80.1 Å². The van der Waals surface area contributed by atoms with Gasteiger partial charge in [0.25, 0.3) is 0 Å². The number of rotatable bonds is 8. The zero-order valence-corrected chi connectivity index (χ0v) is 20.3. The number of aryl methyl sites for hydroxylation is 1. The van der Waals surface area contributed by atoms with Gasteiger partial charge in [0.05, 0.1) is 11.5 Å². The summed E-state index contributed by atoms with van der Waals surface area (Å²) < 4.78 is 8.50. The van der Waals surface area contributed by atoms with Gasteiger partial charge in [-0.2, -0.15) is 0 Å². The van der Waals surface area contributed by atoms with Gasteiger partial charge in [-0.05, 0) is 34.5 Å². The Bertz CT molecular complexity index is 1700. The second kappa shape index (κ2) is 9.39. The molecule has 0 aliphatic heterocycles. The first-order chi connectivity index (χ1) is 18.2. The van der Waals surface area contributed by atoms with Crippen LogP contribution < -0.4 is 0 Å².